The van der Waals surface area contributed by atoms with E-state index in [9.17, 15) is 9.90 Å². The average molecular weight is 335 g/mol. The molecule has 2 aromatic carbocycles. The van der Waals surface area contributed by atoms with Gasteiger partial charge in [0.2, 0.25) is 5.91 Å². The molecule has 0 saturated heterocycles. The van der Waals surface area contributed by atoms with Crippen molar-refractivity contribution < 1.29 is 9.90 Å². The van der Waals surface area contributed by atoms with Crippen LogP contribution in [0.3, 0.4) is 0 Å². The van der Waals surface area contributed by atoms with E-state index in [-0.39, 0.29) is 5.75 Å². The molecule has 3 aromatic rings. The first-order valence-corrected chi connectivity index (χ1v) is 8.44. The number of aromatic hydroxyl groups is 1. The number of benzene rings is 2. The molecule has 25 heavy (non-hydrogen) atoms. The van der Waals surface area contributed by atoms with Crippen LogP contribution >= 0.6 is 0 Å². The van der Waals surface area contributed by atoms with E-state index >= 15 is 0 Å². The number of carbonyl (C=O) groups excluding carboxylic acids is 1. The fraction of sp³-hybridized carbons (Fsp3) is 0.300. The molecule has 1 heterocycles. The summed E-state index contributed by atoms with van der Waals surface area (Å²) in [5, 5.41) is 20.5. The van der Waals surface area contributed by atoms with Crippen molar-refractivity contribution in [2.75, 3.05) is 0 Å². The van der Waals surface area contributed by atoms with Crippen LogP contribution in [0.1, 0.15) is 41.6 Å². The molecule has 0 aliphatic rings. The molecule has 0 saturated carbocycles. The van der Waals surface area contributed by atoms with Gasteiger partial charge in [-0.3, -0.25) is 4.79 Å². The van der Waals surface area contributed by atoms with Gasteiger partial charge in [-0.1, -0.05) is 12.5 Å². The maximum absolute atomic E-state index is 11.8. The molecule has 3 N–H and O–H groups in total. The van der Waals surface area contributed by atoms with Crippen molar-refractivity contribution in [3.05, 3.63) is 41.5 Å². The SMILES string of the molecule is Cn1c2cc(CCCCCC#N)cc(O)c2c2c(C(N)=O)cccc21. The molecule has 0 fully saturated rings. The Morgan fingerprint density at radius 1 is 1.20 bits per heavy atom. The number of nitrogens with zero attached hydrogens (tertiary/aromatic N) is 2. The molecule has 5 heteroatoms. The number of aromatic nitrogens is 1. The number of fused-ring (bicyclic) bond motifs is 3. The molecule has 0 aliphatic heterocycles. The van der Waals surface area contributed by atoms with Gasteiger partial charge in [0.15, 0.2) is 0 Å². The van der Waals surface area contributed by atoms with Crippen LogP contribution in [0.25, 0.3) is 21.8 Å². The molecular weight excluding hydrogens is 314 g/mol. The Morgan fingerprint density at radius 3 is 2.72 bits per heavy atom. The minimum atomic E-state index is -0.501. The lowest BCUT2D eigenvalue weighted by Crippen LogP contribution is -2.11. The number of amides is 1. The second kappa shape index (κ2) is 6.86. The molecule has 0 unspecified atom stereocenters. The number of nitrogens with two attached hydrogens (primary N) is 1. The zero-order valence-corrected chi connectivity index (χ0v) is 14.2. The maximum Gasteiger partial charge on any atom is 0.249 e. The van der Waals surface area contributed by atoms with E-state index in [2.05, 4.69) is 12.1 Å². The minimum absolute atomic E-state index is 0.170. The molecule has 0 radical (unpaired) electrons. The first-order chi connectivity index (χ1) is 12.0. The van der Waals surface area contributed by atoms with Crippen LogP contribution in [0.5, 0.6) is 5.75 Å². The summed E-state index contributed by atoms with van der Waals surface area (Å²) in [6, 6.07) is 11.4. The molecule has 1 aromatic heterocycles. The Balaban J connectivity index is 2.06. The van der Waals surface area contributed by atoms with Crippen LogP contribution in [0, 0.1) is 11.3 Å². The van der Waals surface area contributed by atoms with E-state index < -0.39 is 5.91 Å². The van der Waals surface area contributed by atoms with Crippen molar-refractivity contribution in [3.8, 4) is 11.8 Å². The lowest BCUT2D eigenvalue weighted by Gasteiger charge is -2.05. The summed E-state index contributed by atoms with van der Waals surface area (Å²) >= 11 is 0. The topological polar surface area (TPSA) is 92.0 Å². The van der Waals surface area contributed by atoms with Crippen molar-refractivity contribution in [1.82, 2.24) is 4.57 Å². The third kappa shape index (κ3) is 3.03. The van der Waals surface area contributed by atoms with Crippen molar-refractivity contribution in [2.45, 2.75) is 32.1 Å². The van der Waals surface area contributed by atoms with Crippen LogP contribution in [0.15, 0.2) is 30.3 Å². The number of phenols is 1. The van der Waals surface area contributed by atoms with Crippen LogP contribution in [0.2, 0.25) is 0 Å². The molecule has 0 aliphatic carbocycles. The number of carbonyl (C=O) groups is 1. The molecular formula is C20H21N3O2. The molecule has 0 atom stereocenters. The van der Waals surface area contributed by atoms with Gasteiger partial charge in [-0.05, 0) is 49.1 Å². The lowest BCUT2D eigenvalue weighted by atomic mass is 10.0. The standard InChI is InChI=1S/C20H21N3O2/c1-23-15-9-6-8-14(20(22)25)18(15)19-16(23)11-13(12-17(19)24)7-4-2-3-5-10-21/h6,8-9,11-12,24H,2-5,7H2,1H3,(H2,22,25). The quantitative estimate of drug-likeness (QED) is 0.672. The average Bonchev–Trinajstić information content (AvgIpc) is 2.88. The van der Waals surface area contributed by atoms with Crippen LogP contribution in [-0.4, -0.2) is 15.6 Å². The van der Waals surface area contributed by atoms with E-state index in [1.807, 2.05) is 17.7 Å². The maximum atomic E-state index is 11.8. The summed E-state index contributed by atoms with van der Waals surface area (Å²) in [5.41, 5.74) is 8.73. The number of hydrogen-bond donors (Lipinski definition) is 2. The first kappa shape index (κ1) is 16.8. The van der Waals surface area contributed by atoms with Crippen molar-refractivity contribution in [1.29, 1.82) is 5.26 Å². The van der Waals surface area contributed by atoms with E-state index in [0.717, 1.165) is 42.3 Å². The second-order valence-electron chi connectivity index (χ2n) is 6.35. The summed E-state index contributed by atoms with van der Waals surface area (Å²) in [4.78, 5) is 11.8. The number of phenolic OH excluding ortho intramolecular Hbond substituents is 1. The fourth-order valence-corrected chi connectivity index (χ4v) is 3.46. The summed E-state index contributed by atoms with van der Waals surface area (Å²) in [7, 11) is 1.92. The van der Waals surface area contributed by atoms with Gasteiger partial charge in [-0.2, -0.15) is 5.26 Å². The van der Waals surface area contributed by atoms with E-state index in [1.54, 1.807) is 18.2 Å². The number of nitriles is 1. The predicted octanol–water partition coefficient (Wildman–Crippen LogP) is 3.76. The Morgan fingerprint density at radius 2 is 2.00 bits per heavy atom. The van der Waals surface area contributed by atoms with Gasteiger partial charge >= 0.3 is 0 Å². The molecule has 5 nitrogen and oxygen atoms in total. The summed E-state index contributed by atoms with van der Waals surface area (Å²) in [5.74, 6) is -0.331. The summed E-state index contributed by atoms with van der Waals surface area (Å²) in [6.45, 7) is 0. The molecule has 1 amide bonds. The van der Waals surface area contributed by atoms with Crippen molar-refractivity contribution >= 4 is 27.7 Å². The Labute approximate surface area is 146 Å². The largest absolute Gasteiger partial charge is 0.507 e. The zero-order chi connectivity index (χ0) is 18.0. The lowest BCUT2D eigenvalue weighted by molar-refractivity contribution is 0.100. The highest BCUT2D eigenvalue weighted by molar-refractivity contribution is 6.19. The number of primary amides is 1. The predicted molar refractivity (Wildman–Crippen MR) is 98.4 cm³/mol. The van der Waals surface area contributed by atoms with Crippen molar-refractivity contribution in [2.24, 2.45) is 12.8 Å². The highest BCUT2D eigenvalue weighted by Gasteiger charge is 2.18. The molecule has 3 rings (SSSR count). The number of aryl methyl sites for hydroxylation is 2. The number of rotatable bonds is 6. The van der Waals surface area contributed by atoms with E-state index in [4.69, 9.17) is 11.0 Å². The smallest absolute Gasteiger partial charge is 0.249 e. The molecule has 0 spiro atoms. The number of hydrogen-bond acceptors (Lipinski definition) is 3. The van der Waals surface area contributed by atoms with Gasteiger partial charge in [0.25, 0.3) is 0 Å². The van der Waals surface area contributed by atoms with Crippen LogP contribution in [0.4, 0.5) is 0 Å². The molecule has 128 valence electrons. The Bertz CT molecular complexity index is 996. The monoisotopic (exact) mass is 335 g/mol. The van der Waals surface area contributed by atoms with Crippen molar-refractivity contribution in [3.63, 3.8) is 0 Å². The third-order valence-corrected chi connectivity index (χ3v) is 4.69. The van der Waals surface area contributed by atoms with Gasteiger partial charge in [0.05, 0.1) is 17.0 Å². The highest BCUT2D eigenvalue weighted by atomic mass is 16.3. The van der Waals surface area contributed by atoms with Gasteiger partial charge in [0.1, 0.15) is 5.75 Å². The minimum Gasteiger partial charge on any atom is -0.507 e. The summed E-state index contributed by atoms with van der Waals surface area (Å²) in [6.07, 6.45) is 4.31. The Hall–Kier alpha value is -3.00. The number of unbranched alkanes of at least 4 members (excludes halogenated alkanes) is 3. The van der Waals surface area contributed by atoms with Gasteiger partial charge in [0, 0.05) is 29.9 Å². The fourth-order valence-electron chi connectivity index (χ4n) is 3.46. The van der Waals surface area contributed by atoms with E-state index in [1.165, 1.54) is 0 Å². The van der Waals surface area contributed by atoms with Crippen LogP contribution < -0.4 is 5.73 Å². The van der Waals surface area contributed by atoms with Gasteiger partial charge in [-0.15, -0.1) is 0 Å². The van der Waals surface area contributed by atoms with Gasteiger partial charge in [-0.25, -0.2) is 0 Å². The highest BCUT2D eigenvalue weighted by Crippen LogP contribution is 2.37. The zero-order valence-electron chi connectivity index (χ0n) is 14.2. The second-order valence-corrected chi connectivity index (χ2v) is 6.35. The van der Waals surface area contributed by atoms with Crippen LogP contribution in [-0.2, 0) is 13.5 Å². The van der Waals surface area contributed by atoms with E-state index in [0.29, 0.717) is 22.8 Å². The third-order valence-electron chi connectivity index (χ3n) is 4.69. The summed E-state index contributed by atoms with van der Waals surface area (Å²) < 4.78 is 1.98. The van der Waals surface area contributed by atoms with Gasteiger partial charge < -0.3 is 15.4 Å². The Kier molecular flexibility index (Phi) is 4.62. The molecule has 0 bridgehead atoms. The normalized spacial score (nSPS) is 11.0. The first-order valence-electron chi connectivity index (χ1n) is 8.44.